The zero-order valence-corrected chi connectivity index (χ0v) is 10.8. The number of nitrogens with zero attached hydrogens (tertiary/aromatic N) is 3. The Hall–Kier alpha value is -1.68. The summed E-state index contributed by atoms with van der Waals surface area (Å²) in [6.45, 7) is 3.13. The van der Waals surface area contributed by atoms with Crippen LogP contribution in [0.25, 0.3) is 0 Å². The van der Waals surface area contributed by atoms with E-state index in [0.717, 1.165) is 31.6 Å². The molecule has 96 valence electrons. The third-order valence-electron chi connectivity index (χ3n) is 3.07. The number of benzene rings is 1. The highest BCUT2D eigenvalue weighted by atomic mass is 15.3. The van der Waals surface area contributed by atoms with Gasteiger partial charge in [-0.1, -0.05) is 37.3 Å². The molecule has 0 aliphatic carbocycles. The summed E-state index contributed by atoms with van der Waals surface area (Å²) < 4.78 is 2.11. The van der Waals surface area contributed by atoms with Crippen LogP contribution in [0.15, 0.2) is 36.7 Å². The highest BCUT2D eigenvalue weighted by Gasteiger charge is 2.09. The van der Waals surface area contributed by atoms with Gasteiger partial charge in [-0.2, -0.15) is 0 Å². The Morgan fingerprint density at radius 2 is 2.06 bits per heavy atom. The van der Waals surface area contributed by atoms with Crippen LogP contribution in [-0.4, -0.2) is 14.8 Å². The van der Waals surface area contributed by atoms with Crippen molar-refractivity contribution < 1.29 is 0 Å². The Morgan fingerprint density at radius 1 is 1.28 bits per heavy atom. The highest BCUT2D eigenvalue weighted by Crippen LogP contribution is 2.15. The van der Waals surface area contributed by atoms with Crippen LogP contribution in [0.2, 0.25) is 0 Å². The Labute approximate surface area is 108 Å². The summed E-state index contributed by atoms with van der Waals surface area (Å²) in [7, 11) is 0. The molecule has 0 aliphatic heterocycles. The van der Waals surface area contributed by atoms with Crippen molar-refractivity contribution in [2.45, 2.75) is 38.8 Å². The first kappa shape index (κ1) is 12.8. The van der Waals surface area contributed by atoms with E-state index in [-0.39, 0.29) is 6.04 Å². The quantitative estimate of drug-likeness (QED) is 0.848. The minimum atomic E-state index is 0.0676. The van der Waals surface area contributed by atoms with E-state index < -0.39 is 0 Å². The Morgan fingerprint density at radius 3 is 2.78 bits per heavy atom. The molecule has 2 rings (SSSR count). The molecule has 1 aromatic heterocycles. The average Bonchev–Trinajstić information content (AvgIpc) is 2.85. The van der Waals surface area contributed by atoms with Crippen molar-refractivity contribution in [3.8, 4) is 0 Å². The van der Waals surface area contributed by atoms with Gasteiger partial charge < -0.3 is 10.3 Å². The van der Waals surface area contributed by atoms with Crippen LogP contribution in [0.3, 0.4) is 0 Å². The molecule has 1 unspecified atom stereocenters. The average molecular weight is 244 g/mol. The predicted molar refractivity (Wildman–Crippen MR) is 72.0 cm³/mol. The summed E-state index contributed by atoms with van der Waals surface area (Å²) in [5, 5.41) is 8.12. The molecule has 0 amide bonds. The van der Waals surface area contributed by atoms with Crippen molar-refractivity contribution in [2.24, 2.45) is 5.73 Å². The van der Waals surface area contributed by atoms with Gasteiger partial charge in [0.15, 0.2) is 0 Å². The lowest BCUT2D eigenvalue weighted by molar-refractivity contribution is 0.586. The monoisotopic (exact) mass is 244 g/mol. The Kier molecular flexibility index (Phi) is 4.47. The number of hydrogen-bond acceptors (Lipinski definition) is 3. The molecule has 0 bridgehead atoms. The lowest BCUT2D eigenvalue weighted by atomic mass is 10.0. The molecule has 0 aliphatic rings. The second kappa shape index (κ2) is 6.31. The van der Waals surface area contributed by atoms with E-state index in [4.69, 9.17) is 5.73 Å². The first-order valence-corrected chi connectivity index (χ1v) is 6.48. The molecule has 0 saturated carbocycles. The van der Waals surface area contributed by atoms with Gasteiger partial charge in [-0.25, -0.2) is 0 Å². The molecular formula is C14H20N4. The standard InChI is InChI=1S/C14H20N4/c1-2-10-18-11-16-17-14(18)9-8-13(15)12-6-4-3-5-7-12/h3-7,11,13H,2,8-10,15H2,1H3. The van der Waals surface area contributed by atoms with E-state index in [1.807, 2.05) is 18.2 Å². The molecule has 1 aromatic carbocycles. The number of aromatic nitrogens is 3. The predicted octanol–water partition coefficient (Wildman–Crippen LogP) is 2.32. The maximum absolute atomic E-state index is 6.18. The first-order chi connectivity index (χ1) is 8.81. The minimum Gasteiger partial charge on any atom is -0.324 e. The normalized spacial score (nSPS) is 12.6. The van der Waals surface area contributed by atoms with Gasteiger partial charge in [0.25, 0.3) is 0 Å². The van der Waals surface area contributed by atoms with Gasteiger partial charge in [0.1, 0.15) is 12.2 Å². The Balaban J connectivity index is 1.93. The van der Waals surface area contributed by atoms with Crippen molar-refractivity contribution in [1.82, 2.24) is 14.8 Å². The maximum Gasteiger partial charge on any atom is 0.132 e. The highest BCUT2D eigenvalue weighted by molar-refractivity contribution is 5.18. The molecule has 2 N–H and O–H groups in total. The number of rotatable bonds is 6. The van der Waals surface area contributed by atoms with Crippen LogP contribution in [0.1, 0.15) is 37.2 Å². The topological polar surface area (TPSA) is 56.7 Å². The number of aryl methyl sites for hydroxylation is 2. The fourth-order valence-corrected chi connectivity index (χ4v) is 2.05. The Bertz CT molecular complexity index is 464. The molecule has 18 heavy (non-hydrogen) atoms. The summed E-state index contributed by atoms with van der Waals surface area (Å²) >= 11 is 0. The molecule has 0 saturated heterocycles. The van der Waals surface area contributed by atoms with Gasteiger partial charge in [0.05, 0.1) is 0 Å². The minimum absolute atomic E-state index is 0.0676. The second-order valence-electron chi connectivity index (χ2n) is 4.50. The van der Waals surface area contributed by atoms with Crippen LogP contribution in [-0.2, 0) is 13.0 Å². The molecule has 4 nitrogen and oxygen atoms in total. The lowest BCUT2D eigenvalue weighted by Crippen LogP contribution is -2.13. The fraction of sp³-hybridized carbons (Fsp3) is 0.429. The van der Waals surface area contributed by atoms with E-state index in [1.54, 1.807) is 6.33 Å². The summed E-state index contributed by atoms with van der Waals surface area (Å²) in [6.07, 6.45) is 4.66. The molecule has 1 heterocycles. The summed E-state index contributed by atoms with van der Waals surface area (Å²) in [5.41, 5.74) is 7.36. The number of nitrogens with two attached hydrogens (primary N) is 1. The van der Waals surface area contributed by atoms with Crippen molar-refractivity contribution >= 4 is 0 Å². The first-order valence-electron chi connectivity index (χ1n) is 6.48. The van der Waals surface area contributed by atoms with Crippen molar-refractivity contribution in [3.05, 3.63) is 48.0 Å². The zero-order chi connectivity index (χ0) is 12.8. The van der Waals surface area contributed by atoms with Crippen LogP contribution in [0, 0.1) is 0 Å². The maximum atomic E-state index is 6.18. The van der Waals surface area contributed by atoms with Gasteiger partial charge in [0, 0.05) is 19.0 Å². The molecule has 0 spiro atoms. The van der Waals surface area contributed by atoms with E-state index in [2.05, 4.69) is 33.8 Å². The molecule has 0 radical (unpaired) electrons. The van der Waals surface area contributed by atoms with Gasteiger partial charge in [-0.05, 0) is 18.4 Å². The third-order valence-corrected chi connectivity index (χ3v) is 3.07. The van der Waals surface area contributed by atoms with Gasteiger partial charge in [-0.15, -0.1) is 10.2 Å². The van der Waals surface area contributed by atoms with Crippen molar-refractivity contribution in [1.29, 1.82) is 0 Å². The molecule has 1 atom stereocenters. The summed E-state index contributed by atoms with van der Waals surface area (Å²) in [6, 6.07) is 10.3. The van der Waals surface area contributed by atoms with Gasteiger partial charge in [-0.3, -0.25) is 0 Å². The van der Waals surface area contributed by atoms with Crippen LogP contribution >= 0.6 is 0 Å². The molecule has 4 heteroatoms. The van der Waals surface area contributed by atoms with Gasteiger partial charge in [0.2, 0.25) is 0 Å². The van der Waals surface area contributed by atoms with Gasteiger partial charge >= 0.3 is 0 Å². The van der Waals surface area contributed by atoms with Crippen LogP contribution in [0.4, 0.5) is 0 Å². The summed E-state index contributed by atoms with van der Waals surface area (Å²) in [5.74, 6) is 1.03. The fourth-order valence-electron chi connectivity index (χ4n) is 2.05. The number of hydrogen-bond donors (Lipinski definition) is 1. The van der Waals surface area contributed by atoms with Crippen LogP contribution in [0.5, 0.6) is 0 Å². The van der Waals surface area contributed by atoms with Crippen molar-refractivity contribution in [2.75, 3.05) is 0 Å². The lowest BCUT2D eigenvalue weighted by Gasteiger charge is -2.11. The van der Waals surface area contributed by atoms with Crippen LogP contribution < -0.4 is 5.73 Å². The largest absolute Gasteiger partial charge is 0.324 e. The van der Waals surface area contributed by atoms with E-state index >= 15 is 0 Å². The smallest absolute Gasteiger partial charge is 0.132 e. The zero-order valence-electron chi connectivity index (χ0n) is 10.8. The molecule has 0 fully saturated rings. The molecular weight excluding hydrogens is 224 g/mol. The van der Waals surface area contributed by atoms with E-state index in [1.165, 1.54) is 5.56 Å². The summed E-state index contributed by atoms with van der Waals surface area (Å²) in [4.78, 5) is 0. The molecule has 2 aromatic rings. The SMILES string of the molecule is CCCn1cnnc1CCC(N)c1ccccc1. The van der Waals surface area contributed by atoms with E-state index in [0.29, 0.717) is 0 Å². The second-order valence-corrected chi connectivity index (χ2v) is 4.50. The third kappa shape index (κ3) is 3.17. The van der Waals surface area contributed by atoms with Crippen molar-refractivity contribution in [3.63, 3.8) is 0 Å². The van der Waals surface area contributed by atoms with E-state index in [9.17, 15) is 0 Å².